The SMILES string of the molecule is CC1CC1c1ccc(C=C2SC(=N)NC2=O)o1. The minimum atomic E-state index is -0.224. The van der Waals surface area contributed by atoms with Crippen molar-refractivity contribution in [1.29, 1.82) is 5.41 Å². The van der Waals surface area contributed by atoms with Gasteiger partial charge in [-0.15, -0.1) is 0 Å². The smallest absolute Gasteiger partial charge is 0.264 e. The Morgan fingerprint density at radius 1 is 1.59 bits per heavy atom. The molecule has 2 N–H and O–H groups in total. The van der Waals surface area contributed by atoms with Gasteiger partial charge in [-0.05, 0) is 36.2 Å². The number of carbonyl (C=O) groups is 1. The van der Waals surface area contributed by atoms with E-state index in [0.29, 0.717) is 22.5 Å². The molecular weight excluding hydrogens is 236 g/mol. The summed E-state index contributed by atoms with van der Waals surface area (Å²) in [6, 6.07) is 3.85. The predicted octanol–water partition coefficient (Wildman–Crippen LogP) is 2.54. The molecular formula is C12H12N2O2S. The second-order valence-corrected chi connectivity index (χ2v) is 5.51. The van der Waals surface area contributed by atoms with Crippen LogP contribution in [0.1, 0.15) is 30.8 Å². The average Bonchev–Trinajstić information content (AvgIpc) is 2.71. The Kier molecular flexibility index (Phi) is 2.36. The highest BCUT2D eigenvalue weighted by Crippen LogP contribution is 2.47. The van der Waals surface area contributed by atoms with Crippen LogP contribution in [0.4, 0.5) is 0 Å². The van der Waals surface area contributed by atoms with Crippen LogP contribution >= 0.6 is 11.8 Å². The third-order valence-corrected chi connectivity index (χ3v) is 3.89. The van der Waals surface area contributed by atoms with Crippen molar-refractivity contribution in [3.8, 4) is 0 Å². The molecule has 1 aromatic rings. The van der Waals surface area contributed by atoms with E-state index in [0.717, 1.165) is 17.5 Å². The Balaban J connectivity index is 1.81. The van der Waals surface area contributed by atoms with Crippen LogP contribution in [-0.2, 0) is 4.79 Å². The van der Waals surface area contributed by atoms with Gasteiger partial charge in [0.25, 0.3) is 5.91 Å². The van der Waals surface area contributed by atoms with E-state index in [9.17, 15) is 4.79 Å². The number of hydrogen-bond acceptors (Lipinski definition) is 4. The molecule has 1 aliphatic heterocycles. The Morgan fingerprint density at radius 2 is 2.35 bits per heavy atom. The minimum Gasteiger partial charge on any atom is -0.461 e. The predicted molar refractivity (Wildman–Crippen MR) is 66.7 cm³/mol. The van der Waals surface area contributed by atoms with Gasteiger partial charge in [0, 0.05) is 12.0 Å². The van der Waals surface area contributed by atoms with E-state index in [1.54, 1.807) is 6.08 Å². The summed E-state index contributed by atoms with van der Waals surface area (Å²) in [6.07, 6.45) is 2.88. The zero-order chi connectivity index (χ0) is 12.0. The lowest BCUT2D eigenvalue weighted by Gasteiger charge is -1.91. The molecule has 4 nitrogen and oxygen atoms in total. The fraction of sp³-hybridized carbons (Fsp3) is 0.333. The molecule has 2 atom stereocenters. The first-order valence-corrected chi connectivity index (χ1v) is 6.34. The van der Waals surface area contributed by atoms with Gasteiger partial charge < -0.3 is 9.73 Å². The number of rotatable bonds is 2. The van der Waals surface area contributed by atoms with E-state index in [1.807, 2.05) is 12.1 Å². The van der Waals surface area contributed by atoms with Crippen molar-refractivity contribution in [3.05, 3.63) is 28.6 Å². The summed E-state index contributed by atoms with van der Waals surface area (Å²) in [7, 11) is 0. The van der Waals surface area contributed by atoms with Gasteiger partial charge in [0.2, 0.25) is 0 Å². The monoisotopic (exact) mass is 248 g/mol. The molecule has 0 aromatic carbocycles. The summed E-state index contributed by atoms with van der Waals surface area (Å²) in [5.41, 5.74) is 0. The minimum absolute atomic E-state index is 0.170. The molecule has 1 saturated heterocycles. The van der Waals surface area contributed by atoms with Gasteiger partial charge in [-0.3, -0.25) is 10.2 Å². The van der Waals surface area contributed by atoms with E-state index in [2.05, 4.69) is 12.2 Å². The van der Waals surface area contributed by atoms with Gasteiger partial charge in [0.05, 0.1) is 4.91 Å². The second-order valence-electron chi connectivity index (χ2n) is 4.45. The van der Waals surface area contributed by atoms with Crippen molar-refractivity contribution in [2.45, 2.75) is 19.3 Å². The summed E-state index contributed by atoms with van der Waals surface area (Å²) in [6.45, 7) is 2.20. The highest BCUT2D eigenvalue weighted by Gasteiger charge is 2.36. The van der Waals surface area contributed by atoms with E-state index in [1.165, 1.54) is 6.42 Å². The molecule has 2 fully saturated rings. The van der Waals surface area contributed by atoms with Crippen LogP contribution in [0.25, 0.3) is 6.08 Å². The van der Waals surface area contributed by atoms with E-state index < -0.39 is 0 Å². The molecule has 2 aliphatic rings. The molecule has 0 radical (unpaired) electrons. The molecule has 3 rings (SSSR count). The largest absolute Gasteiger partial charge is 0.461 e. The van der Waals surface area contributed by atoms with Crippen LogP contribution < -0.4 is 5.32 Å². The number of hydrogen-bond donors (Lipinski definition) is 2. The number of furan rings is 1. The van der Waals surface area contributed by atoms with Crippen molar-refractivity contribution in [2.75, 3.05) is 0 Å². The van der Waals surface area contributed by atoms with Crippen molar-refractivity contribution in [1.82, 2.24) is 5.32 Å². The summed E-state index contributed by atoms with van der Waals surface area (Å²) < 4.78 is 5.68. The van der Waals surface area contributed by atoms with Gasteiger partial charge in [-0.2, -0.15) is 0 Å². The van der Waals surface area contributed by atoms with Crippen LogP contribution in [0.15, 0.2) is 21.5 Å². The molecule has 88 valence electrons. The summed E-state index contributed by atoms with van der Waals surface area (Å²) in [5, 5.41) is 9.95. The number of amides is 1. The zero-order valence-electron chi connectivity index (χ0n) is 9.32. The van der Waals surface area contributed by atoms with Crippen LogP contribution in [0.3, 0.4) is 0 Å². The van der Waals surface area contributed by atoms with Gasteiger partial charge in [-0.1, -0.05) is 6.92 Å². The molecule has 2 heterocycles. The molecule has 1 amide bonds. The molecule has 1 aromatic heterocycles. The fourth-order valence-electron chi connectivity index (χ4n) is 1.93. The Hall–Kier alpha value is -1.49. The maximum absolute atomic E-state index is 11.4. The van der Waals surface area contributed by atoms with Crippen molar-refractivity contribution < 1.29 is 9.21 Å². The topological polar surface area (TPSA) is 66.1 Å². The van der Waals surface area contributed by atoms with Gasteiger partial charge >= 0.3 is 0 Å². The summed E-state index contributed by atoms with van der Waals surface area (Å²) in [5.74, 6) is 2.72. The number of thioether (sulfide) groups is 1. The maximum atomic E-state index is 11.4. The molecule has 0 bridgehead atoms. The summed E-state index contributed by atoms with van der Waals surface area (Å²) in [4.78, 5) is 11.9. The Morgan fingerprint density at radius 3 is 2.94 bits per heavy atom. The van der Waals surface area contributed by atoms with E-state index >= 15 is 0 Å². The van der Waals surface area contributed by atoms with E-state index in [4.69, 9.17) is 9.83 Å². The molecule has 2 unspecified atom stereocenters. The zero-order valence-corrected chi connectivity index (χ0v) is 10.1. The number of amidine groups is 1. The first kappa shape index (κ1) is 10.7. The van der Waals surface area contributed by atoms with Crippen LogP contribution in [0.2, 0.25) is 0 Å². The van der Waals surface area contributed by atoms with Crippen molar-refractivity contribution in [3.63, 3.8) is 0 Å². The lowest BCUT2D eigenvalue weighted by Crippen LogP contribution is -2.18. The lowest BCUT2D eigenvalue weighted by atomic mass is 10.3. The van der Waals surface area contributed by atoms with Gasteiger partial charge in [0.1, 0.15) is 11.5 Å². The molecule has 17 heavy (non-hydrogen) atoms. The third-order valence-electron chi connectivity index (χ3n) is 3.06. The number of carbonyl (C=O) groups excluding carboxylic acids is 1. The fourth-order valence-corrected chi connectivity index (χ4v) is 2.62. The normalized spacial score (nSPS) is 29.8. The van der Waals surface area contributed by atoms with E-state index in [-0.39, 0.29) is 11.1 Å². The quantitative estimate of drug-likeness (QED) is 0.790. The highest BCUT2D eigenvalue weighted by molar-refractivity contribution is 8.18. The highest BCUT2D eigenvalue weighted by atomic mass is 32.2. The van der Waals surface area contributed by atoms with Crippen molar-refractivity contribution in [2.24, 2.45) is 5.92 Å². The molecule has 1 aliphatic carbocycles. The molecule has 5 heteroatoms. The summed E-state index contributed by atoms with van der Waals surface area (Å²) >= 11 is 1.13. The Labute approximate surface area is 103 Å². The van der Waals surface area contributed by atoms with Crippen LogP contribution in [0.5, 0.6) is 0 Å². The van der Waals surface area contributed by atoms with Gasteiger partial charge in [-0.25, -0.2) is 0 Å². The standard InChI is InChI=1S/C12H12N2O2S/c1-6-4-8(6)9-3-2-7(16-9)5-10-11(15)14-12(13)17-10/h2-3,5-6,8H,4H2,1H3,(H2,13,14,15). The first-order chi connectivity index (χ1) is 8.13. The average molecular weight is 248 g/mol. The number of nitrogens with one attached hydrogen (secondary N) is 2. The van der Waals surface area contributed by atoms with Crippen LogP contribution in [0, 0.1) is 11.3 Å². The third kappa shape index (κ3) is 2.02. The second kappa shape index (κ2) is 3.77. The Bertz CT molecular complexity index is 532. The molecule has 1 saturated carbocycles. The van der Waals surface area contributed by atoms with Crippen LogP contribution in [-0.4, -0.2) is 11.1 Å². The first-order valence-electron chi connectivity index (χ1n) is 5.52. The van der Waals surface area contributed by atoms with Gasteiger partial charge in [0.15, 0.2) is 5.17 Å². The van der Waals surface area contributed by atoms with Crippen molar-refractivity contribution >= 4 is 28.9 Å². The lowest BCUT2D eigenvalue weighted by molar-refractivity contribution is -0.115. The molecule has 0 spiro atoms. The maximum Gasteiger partial charge on any atom is 0.264 e.